The topological polar surface area (TPSA) is 0 Å². The van der Waals surface area contributed by atoms with Gasteiger partial charge >= 0.3 is 0 Å². The third-order valence-corrected chi connectivity index (χ3v) is 8.78. The predicted octanol–water partition coefficient (Wildman–Crippen LogP) is 14.0. The maximum atomic E-state index is 2.40. The fourth-order valence-corrected chi connectivity index (χ4v) is 7.04. The minimum Gasteiger partial charge on any atom is -0.164 e. The van der Waals surface area contributed by atoms with Crippen molar-refractivity contribution in [3.8, 4) is 22.3 Å². The first-order valence-electron chi connectivity index (χ1n) is 18.6. The van der Waals surface area contributed by atoms with E-state index < -0.39 is 0 Å². The van der Waals surface area contributed by atoms with Crippen molar-refractivity contribution in [2.24, 2.45) is 23.7 Å². The van der Waals surface area contributed by atoms with E-state index in [-0.39, 0.29) is 25.8 Å². The van der Waals surface area contributed by atoms with Gasteiger partial charge in [0.05, 0.1) is 0 Å². The van der Waals surface area contributed by atoms with Crippen LogP contribution in [0.25, 0.3) is 43.8 Å². The van der Waals surface area contributed by atoms with Gasteiger partial charge < -0.3 is 0 Å². The molecule has 0 saturated heterocycles. The zero-order chi connectivity index (χ0) is 35.5. The Labute approximate surface area is 326 Å². The van der Waals surface area contributed by atoms with Gasteiger partial charge in [-0.25, -0.2) is 0 Å². The molecule has 0 nitrogen and oxygen atoms in total. The van der Waals surface area contributed by atoms with Gasteiger partial charge in [-0.2, -0.15) is 12.1 Å². The molecule has 6 aromatic carbocycles. The van der Waals surface area contributed by atoms with E-state index in [1.54, 1.807) is 0 Å². The number of fused-ring (bicyclic) bond motifs is 2. The number of hydrogen-bond acceptors (Lipinski definition) is 0. The van der Waals surface area contributed by atoms with Crippen molar-refractivity contribution in [2.75, 3.05) is 0 Å². The molecule has 0 N–H and O–H groups in total. The first-order chi connectivity index (χ1) is 23.5. The van der Waals surface area contributed by atoms with E-state index in [1.165, 1.54) is 66.1 Å². The van der Waals surface area contributed by atoms with E-state index in [1.807, 2.05) is 0 Å². The van der Waals surface area contributed by atoms with Gasteiger partial charge in [-0.1, -0.05) is 140 Å². The third-order valence-electron chi connectivity index (χ3n) is 8.78. The molecule has 0 atom stereocenters. The molecule has 0 bridgehead atoms. The summed E-state index contributed by atoms with van der Waals surface area (Å²) in [6.45, 7) is 22.6. The molecule has 0 aliphatic rings. The van der Waals surface area contributed by atoms with Gasteiger partial charge in [0.15, 0.2) is 0 Å². The number of benzene rings is 4. The molecule has 0 aliphatic heterocycles. The van der Waals surface area contributed by atoms with E-state index in [0.29, 0.717) is 23.7 Å². The Kier molecular flexibility index (Phi) is 16.9. The number of hydrogen-bond donors (Lipinski definition) is 0. The van der Waals surface area contributed by atoms with Crippen LogP contribution in [0.5, 0.6) is 0 Å². The van der Waals surface area contributed by atoms with E-state index in [4.69, 9.17) is 0 Å². The van der Waals surface area contributed by atoms with Gasteiger partial charge in [0.25, 0.3) is 0 Å². The van der Waals surface area contributed by atoms with Crippen molar-refractivity contribution in [1.82, 2.24) is 0 Å². The molecule has 0 fully saturated rings. The monoisotopic (exact) mass is 844 g/mol. The van der Waals surface area contributed by atoms with Crippen LogP contribution in [0, 0.1) is 23.7 Å². The molecule has 0 heterocycles. The second-order valence-corrected chi connectivity index (χ2v) is 16.6. The van der Waals surface area contributed by atoms with Crippen LogP contribution in [-0.4, -0.2) is 9.52 Å². The van der Waals surface area contributed by atoms with Crippen molar-refractivity contribution < 1.29 is 25.8 Å². The third kappa shape index (κ3) is 11.6. The van der Waals surface area contributed by atoms with E-state index in [0.717, 1.165) is 35.2 Å². The maximum Gasteiger partial charge on any atom is 0.0307 e. The van der Waals surface area contributed by atoms with Crippen molar-refractivity contribution in [3.05, 3.63) is 131 Å². The smallest absolute Gasteiger partial charge is 0.0307 e. The molecule has 2 radical (unpaired) electrons. The molecule has 6 rings (SSSR count). The van der Waals surface area contributed by atoms with Gasteiger partial charge in [0.1, 0.15) is 0 Å². The molecular weight excluding hydrogens is 783 g/mol. The zero-order valence-corrected chi connectivity index (χ0v) is 37.1. The van der Waals surface area contributed by atoms with Crippen molar-refractivity contribution in [3.63, 3.8) is 0 Å². The number of rotatable bonds is 10. The van der Waals surface area contributed by atoms with Gasteiger partial charge in [-0.15, -0.1) is 69.1 Å². The Morgan fingerprint density at radius 2 is 0.760 bits per heavy atom. The molecule has 0 unspecified atom stereocenters. The fourth-order valence-electron chi connectivity index (χ4n) is 7.04. The van der Waals surface area contributed by atoms with Crippen LogP contribution in [0.2, 0.25) is 13.1 Å². The molecule has 0 aliphatic carbocycles. The van der Waals surface area contributed by atoms with Gasteiger partial charge in [0.2, 0.25) is 0 Å². The summed E-state index contributed by atoms with van der Waals surface area (Å²) in [6.07, 6.45) is 4.57. The largest absolute Gasteiger partial charge is 0.164 e. The second-order valence-electron chi connectivity index (χ2n) is 15.6. The first kappa shape index (κ1) is 41.6. The Morgan fingerprint density at radius 3 is 1.10 bits per heavy atom. The minimum atomic E-state index is 0. The van der Waals surface area contributed by atoms with Gasteiger partial charge in [0, 0.05) is 35.4 Å². The average molecular weight is 844 g/mol. The molecule has 262 valence electrons. The normalized spacial score (nSPS) is 11.2. The van der Waals surface area contributed by atoms with Crippen LogP contribution >= 0.6 is 0 Å². The van der Waals surface area contributed by atoms with Crippen LogP contribution < -0.4 is 0 Å². The first-order valence-corrected chi connectivity index (χ1v) is 20.6. The molecule has 0 saturated carbocycles. The van der Waals surface area contributed by atoms with Gasteiger partial charge in [-0.3, -0.25) is 0 Å². The van der Waals surface area contributed by atoms with Crippen LogP contribution in [0.1, 0.15) is 77.6 Å². The van der Waals surface area contributed by atoms with Crippen LogP contribution in [0.3, 0.4) is 0 Å². The van der Waals surface area contributed by atoms with E-state index >= 15 is 0 Å². The van der Waals surface area contributed by atoms with Crippen LogP contribution in [0.15, 0.2) is 109 Å². The molecule has 50 heavy (non-hydrogen) atoms. The van der Waals surface area contributed by atoms with Crippen LogP contribution in [-0.2, 0) is 51.5 Å². The summed E-state index contributed by atoms with van der Waals surface area (Å²) >= 11 is 0. The summed E-state index contributed by atoms with van der Waals surface area (Å²) in [5, 5.41) is 5.55. The predicted molar refractivity (Wildman–Crippen MR) is 222 cm³/mol. The fraction of sp³-hybridized carbons (Fsp3) is 0.375. The Bertz CT molecular complexity index is 1740. The summed E-state index contributed by atoms with van der Waals surface area (Å²) in [5.74, 6) is 2.74. The SMILES string of the molecule is CC(C)Cc1cc2c(-c3ccccc3CC(C)C)cccc2[cH-]1.CC(C)Cc1cc2c(-c3ccccc3CC(C)C)cccc2[cH-]1.C[Si]C.[Hf]. The molecule has 0 aromatic heterocycles. The standard InChI is InChI=1S/2C23H27.C2H6Si.Hf/c2*1-16(2)12-18-14-20-9-7-11-22(23(20)15-18)21-10-6-5-8-19(21)13-17(3)4;1-3-2;/h2*5-11,14-17H,12-13H2,1-4H3;1-2H3;/q2*-1;;. The molecule has 0 amide bonds. The summed E-state index contributed by atoms with van der Waals surface area (Å²) in [5.41, 5.74) is 11.4. The zero-order valence-electron chi connectivity index (χ0n) is 32.5. The van der Waals surface area contributed by atoms with E-state index in [2.05, 4.69) is 178 Å². The summed E-state index contributed by atoms with van der Waals surface area (Å²) in [6, 6.07) is 40.7. The Balaban J connectivity index is 0.000000246. The second kappa shape index (κ2) is 20.3. The van der Waals surface area contributed by atoms with E-state index in [9.17, 15) is 0 Å². The Hall–Kier alpha value is -2.81. The molecular formula is C48H60HfSi-2. The summed E-state index contributed by atoms with van der Waals surface area (Å²) < 4.78 is 0. The van der Waals surface area contributed by atoms with Gasteiger partial charge in [-0.05, 0) is 71.6 Å². The molecule has 0 spiro atoms. The quantitative estimate of drug-likeness (QED) is 0.0952. The summed E-state index contributed by atoms with van der Waals surface area (Å²) in [7, 11) is 1.08. The summed E-state index contributed by atoms with van der Waals surface area (Å²) in [4.78, 5) is 0. The molecule has 6 aromatic rings. The average Bonchev–Trinajstić information content (AvgIpc) is 3.64. The maximum absolute atomic E-state index is 2.40. The minimum absolute atomic E-state index is 0. The van der Waals surface area contributed by atoms with Crippen LogP contribution in [0.4, 0.5) is 0 Å². The van der Waals surface area contributed by atoms with Crippen molar-refractivity contribution >= 4 is 31.1 Å². The van der Waals surface area contributed by atoms with Crippen molar-refractivity contribution in [2.45, 2.75) is 94.2 Å². The van der Waals surface area contributed by atoms with Crippen molar-refractivity contribution in [1.29, 1.82) is 0 Å². The Morgan fingerprint density at radius 1 is 0.440 bits per heavy atom. The molecule has 2 heteroatoms.